The van der Waals surface area contributed by atoms with Gasteiger partial charge in [-0.3, -0.25) is 10.5 Å². The molecule has 2 aromatic rings. The van der Waals surface area contributed by atoms with Crippen LogP contribution in [0.4, 0.5) is 10.5 Å². The van der Waals surface area contributed by atoms with Crippen LogP contribution in [0, 0.1) is 13.8 Å². The Balaban J connectivity index is 1.96. The molecule has 20 heavy (non-hydrogen) atoms. The molecule has 0 aliphatic rings. The summed E-state index contributed by atoms with van der Waals surface area (Å²) in [6.07, 6.45) is 2.45. The van der Waals surface area contributed by atoms with Crippen molar-refractivity contribution in [1.82, 2.24) is 0 Å². The predicted octanol–water partition coefficient (Wildman–Crippen LogP) is 2.58. The van der Waals surface area contributed by atoms with Crippen molar-refractivity contribution in [1.29, 1.82) is 0 Å². The molecule has 0 fully saturated rings. The van der Waals surface area contributed by atoms with Crippen molar-refractivity contribution >= 4 is 11.8 Å². The molecule has 2 rings (SSSR count). The number of ether oxygens (including phenoxy) is 1. The van der Waals surface area contributed by atoms with Crippen LogP contribution in [-0.4, -0.2) is 11.3 Å². The van der Waals surface area contributed by atoms with Gasteiger partial charge in [0, 0.05) is 16.5 Å². The first-order valence-electron chi connectivity index (χ1n) is 6.25. The van der Waals surface area contributed by atoms with Crippen LogP contribution in [0.15, 0.2) is 42.7 Å². The molecule has 0 unspecified atom stereocenters. The Morgan fingerprint density at radius 1 is 1.25 bits per heavy atom. The number of aromatic nitrogens is 1. The normalized spacial score (nSPS) is 10.1. The van der Waals surface area contributed by atoms with E-state index in [-0.39, 0.29) is 6.61 Å². The summed E-state index contributed by atoms with van der Waals surface area (Å²) in [5.41, 5.74) is 3.43. The molecular weight excluding hydrogens is 256 g/mol. The molecule has 1 aromatic heterocycles. The van der Waals surface area contributed by atoms with E-state index in [1.165, 1.54) is 12.4 Å². The summed E-state index contributed by atoms with van der Waals surface area (Å²) < 4.78 is 6.04. The molecule has 0 saturated heterocycles. The molecule has 0 radical (unpaired) electrons. The number of hydrogen-bond donors (Lipinski definition) is 2. The van der Waals surface area contributed by atoms with Gasteiger partial charge in [0.05, 0.1) is 5.56 Å². The van der Waals surface area contributed by atoms with Crippen LogP contribution >= 0.6 is 0 Å². The van der Waals surface area contributed by atoms with E-state index in [4.69, 9.17) is 4.74 Å². The van der Waals surface area contributed by atoms with Gasteiger partial charge in [-0.25, -0.2) is 4.79 Å². The Labute approximate surface area is 117 Å². The van der Waals surface area contributed by atoms with Gasteiger partial charge in [-0.05, 0) is 31.0 Å². The van der Waals surface area contributed by atoms with Crippen molar-refractivity contribution < 1.29 is 19.5 Å². The third kappa shape index (κ3) is 3.47. The molecule has 2 N–H and O–H groups in total. The fourth-order valence-electron chi connectivity index (χ4n) is 1.89. The number of para-hydroxylation sites is 1. The minimum absolute atomic E-state index is 0.0954. The Morgan fingerprint density at radius 3 is 2.60 bits per heavy atom. The summed E-state index contributed by atoms with van der Waals surface area (Å²) in [5.74, 6) is 0. The Morgan fingerprint density at radius 2 is 1.95 bits per heavy atom. The summed E-state index contributed by atoms with van der Waals surface area (Å²) in [5, 5.41) is 12.0. The number of nitrogens with zero attached hydrogens (tertiary/aromatic N) is 1. The molecule has 5 nitrogen and oxygen atoms in total. The molecule has 0 spiro atoms. The number of rotatable bonds is 3. The highest BCUT2D eigenvalue weighted by molar-refractivity contribution is 5.86. The lowest BCUT2D eigenvalue weighted by atomic mass is 10.1. The second kappa shape index (κ2) is 6.06. The van der Waals surface area contributed by atoms with Crippen LogP contribution < -0.4 is 10.0 Å². The van der Waals surface area contributed by atoms with Crippen LogP contribution in [0.25, 0.3) is 0 Å². The van der Waals surface area contributed by atoms with Crippen LogP contribution in [0.5, 0.6) is 0 Å². The Bertz CT molecular complexity index is 606. The fourth-order valence-corrected chi connectivity index (χ4v) is 1.89. The molecule has 0 aliphatic carbocycles. The second-order valence-electron chi connectivity index (χ2n) is 4.56. The molecule has 1 aromatic carbocycles. The van der Waals surface area contributed by atoms with Crippen molar-refractivity contribution in [3.8, 4) is 0 Å². The van der Waals surface area contributed by atoms with E-state index in [0.717, 1.165) is 21.5 Å². The number of aryl methyl sites for hydroxylation is 2. The van der Waals surface area contributed by atoms with E-state index >= 15 is 0 Å². The highest BCUT2D eigenvalue weighted by atomic mass is 16.5. The van der Waals surface area contributed by atoms with E-state index < -0.39 is 6.09 Å². The molecule has 5 heteroatoms. The molecule has 104 valence electrons. The third-order valence-electron chi connectivity index (χ3n) is 2.93. The minimum Gasteiger partial charge on any atom is -0.444 e. The number of carbonyl (C=O) groups excluding carboxylic acids is 1. The average Bonchev–Trinajstić information content (AvgIpc) is 2.41. The largest absolute Gasteiger partial charge is 0.444 e. The number of carbonyl (C=O) groups is 1. The van der Waals surface area contributed by atoms with E-state index in [2.05, 4.69) is 5.32 Å². The quantitative estimate of drug-likeness (QED) is 0.667. The topological polar surface area (TPSA) is 62.4 Å². The standard InChI is InChI=1S/C15H16N2O3/c1-11-5-3-6-12(2)14(11)16-15(18)20-10-13-7-4-8-17(19)9-13/h3-9H,10H2,1-2H3,(H-,16,18,19)/p+1. The van der Waals surface area contributed by atoms with Gasteiger partial charge in [-0.15, -0.1) is 0 Å². The van der Waals surface area contributed by atoms with E-state index in [1.807, 2.05) is 32.0 Å². The van der Waals surface area contributed by atoms with Gasteiger partial charge >= 0.3 is 6.09 Å². The predicted molar refractivity (Wildman–Crippen MR) is 73.5 cm³/mol. The van der Waals surface area contributed by atoms with Gasteiger partial charge in [-0.2, -0.15) is 0 Å². The van der Waals surface area contributed by atoms with Crippen molar-refractivity contribution in [2.75, 3.05) is 5.32 Å². The maximum atomic E-state index is 11.8. The van der Waals surface area contributed by atoms with E-state index in [0.29, 0.717) is 5.56 Å². The number of nitrogens with one attached hydrogen (secondary N) is 1. The summed E-state index contributed by atoms with van der Waals surface area (Å²) >= 11 is 0. The molecule has 0 atom stereocenters. The first kappa shape index (κ1) is 13.9. The number of pyridine rings is 1. The van der Waals surface area contributed by atoms with Crippen LogP contribution in [0.3, 0.4) is 0 Å². The van der Waals surface area contributed by atoms with Gasteiger partial charge in [0.1, 0.15) is 6.61 Å². The van der Waals surface area contributed by atoms with Crippen molar-refractivity contribution in [3.05, 3.63) is 59.4 Å². The zero-order chi connectivity index (χ0) is 14.5. The maximum Gasteiger partial charge on any atom is 0.411 e. The molecule has 0 aliphatic heterocycles. The highest BCUT2D eigenvalue weighted by Crippen LogP contribution is 2.19. The summed E-state index contributed by atoms with van der Waals surface area (Å²) in [7, 11) is 0. The van der Waals surface area contributed by atoms with Gasteiger partial charge in [0.25, 0.3) is 0 Å². The smallest absolute Gasteiger partial charge is 0.411 e. The molecule has 1 amide bonds. The second-order valence-corrected chi connectivity index (χ2v) is 4.56. The Kier molecular flexibility index (Phi) is 4.20. The molecule has 0 bridgehead atoms. The number of hydrogen-bond acceptors (Lipinski definition) is 3. The van der Waals surface area contributed by atoms with Crippen molar-refractivity contribution in [2.24, 2.45) is 0 Å². The minimum atomic E-state index is -0.518. The van der Waals surface area contributed by atoms with Gasteiger partial charge < -0.3 is 4.74 Å². The fraction of sp³-hybridized carbons (Fsp3) is 0.200. The van der Waals surface area contributed by atoms with Gasteiger partial charge in [0.15, 0.2) is 0 Å². The third-order valence-corrected chi connectivity index (χ3v) is 2.93. The van der Waals surface area contributed by atoms with Crippen LogP contribution in [0.1, 0.15) is 16.7 Å². The number of amides is 1. The summed E-state index contributed by atoms with van der Waals surface area (Å²) in [4.78, 5) is 11.8. The maximum absolute atomic E-state index is 11.8. The molecule has 0 saturated carbocycles. The Hall–Kier alpha value is -2.56. The van der Waals surface area contributed by atoms with Crippen LogP contribution in [0.2, 0.25) is 0 Å². The first-order chi connectivity index (χ1) is 9.56. The van der Waals surface area contributed by atoms with E-state index in [1.54, 1.807) is 12.1 Å². The number of anilines is 1. The monoisotopic (exact) mass is 273 g/mol. The van der Waals surface area contributed by atoms with Gasteiger partial charge in [-0.1, -0.05) is 18.2 Å². The SMILES string of the molecule is Cc1cccc(C)c1NC(=O)OCc1ccc[n+](O)c1. The lowest BCUT2D eigenvalue weighted by Crippen LogP contribution is -2.29. The number of benzene rings is 1. The summed E-state index contributed by atoms with van der Waals surface area (Å²) in [6.45, 7) is 3.95. The average molecular weight is 273 g/mol. The summed E-state index contributed by atoms with van der Waals surface area (Å²) in [6, 6.07) is 9.22. The van der Waals surface area contributed by atoms with Crippen molar-refractivity contribution in [2.45, 2.75) is 20.5 Å². The van der Waals surface area contributed by atoms with E-state index in [9.17, 15) is 10.0 Å². The van der Waals surface area contributed by atoms with Gasteiger partial charge in [0.2, 0.25) is 12.4 Å². The van der Waals surface area contributed by atoms with Crippen molar-refractivity contribution in [3.63, 3.8) is 0 Å². The zero-order valence-electron chi connectivity index (χ0n) is 11.5. The lowest BCUT2D eigenvalue weighted by Gasteiger charge is -2.11. The van der Waals surface area contributed by atoms with Crippen LogP contribution in [-0.2, 0) is 11.3 Å². The highest BCUT2D eigenvalue weighted by Gasteiger charge is 2.09. The zero-order valence-corrected chi connectivity index (χ0v) is 11.5. The first-order valence-corrected chi connectivity index (χ1v) is 6.25. The molecule has 1 heterocycles. The lowest BCUT2D eigenvalue weighted by molar-refractivity contribution is -0.905. The molecular formula is C15H17N2O3+.